The summed E-state index contributed by atoms with van der Waals surface area (Å²) >= 11 is 0. The van der Waals surface area contributed by atoms with Gasteiger partial charge in [0, 0.05) is 18.6 Å². The van der Waals surface area contributed by atoms with Crippen LogP contribution in [0.3, 0.4) is 0 Å². The summed E-state index contributed by atoms with van der Waals surface area (Å²) in [6.07, 6.45) is 10.5. The molecule has 4 bridgehead atoms. The zero-order valence-electron chi connectivity index (χ0n) is 13.9. The van der Waals surface area contributed by atoms with Gasteiger partial charge in [-0.15, -0.1) is 0 Å². The summed E-state index contributed by atoms with van der Waals surface area (Å²) in [6.45, 7) is 3.16. The van der Waals surface area contributed by atoms with Crippen LogP contribution in [0.2, 0.25) is 0 Å². The Bertz CT molecular complexity index is 401. The summed E-state index contributed by atoms with van der Waals surface area (Å²) in [5, 5.41) is 6.58. The topological polar surface area (TPSA) is 44.4 Å². The molecule has 4 nitrogen and oxygen atoms in total. The Morgan fingerprint density at radius 2 is 1.77 bits per heavy atom. The van der Waals surface area contributed by atoms with E-state index in [1.165, 1.54) is 57.9 Å². The van der Waals surface area contributed by atoms with Crippen molar-refractivity contribution in [1.82, 2.24) is 15.5 Å². The highest BCUT2D eigenvalue weighted by molar-refractivity contribution is 5.74. The molecule has 124 valence electrons. The lowest BCUT2D eigenvalue weighted by atomic mass is 9.53. The summed E-state index contributed by atoms with van der Waals surface area (Å²) in [5.74, 6) is 3.29. The fourth-order valence-electron chi connectivity index (χ4n) is 6.23. The molecule has 2 amide bonds. The van der Waals surface area contributed by atoms with Crippen LogP contribution in [0.5, 0.6) is 0 Å². The SMILES string of the molecule is CN1CCC[C@H](CNC(=O)NC23CC4CC(CC(C4)C2)C3)C1. The number of nitrogens with zero attached hydrogens (tertiary/aromatic N) is 1. The average molecular weight is 305 g/mol. The Morgan fingerprint density at radius 1 is 1.14 bits per heavy atom. The summed E-state index contributed by atoms with van der Waals surface area (Å²) in [5.41, 5.74) is 0.141. The number of piperidine rings is 1. The first-order valence-electron chi connectivity index (χ1n) is 9.35. The highest BCUT2D eigenvalue weighted by Gasteiger charge is 2.51. The number of nitrogens with one attached hydrogen (secondary N) is 2. The van der Waals surface area contributed by atoms with E-state index in [0.717, 1.165) is 30.8 Å². The number of likely N-dealkylation sites (tertiary alicyclic amines) is 1. The van der Waals surface area contributed by atoms with Gasteiger partial charge in [-0.25, -0.2) is 4.79 Å². The highest BCUT2D eigenvalue weighted by atomic mass is 16.2. The summed E-state index contributed by atoms with van der Waals surface area (Å²) in [4.78, 5) is 14.8. The number of carbonyl (C=O) groups is 1. The number of amides is 2. The van der Waals surface area contributed by atoms with E-state index < -0.39 is 0 Å². The van der Waals surface area contributed by atoms with Gasteiger partial charge in [0.15, 0.2) is 0 Å². The molecule has 1 atom stereocenters. The molecule has 0 spiro atoms. The number of urea groups is 1. The van der Waals surface area contributed by atoms with Crippen molar-refractivity contribution in [2.75, 3.05) is 26.7 Å². The second-order valence-electron chi connectivity index (χ2n) is 8.80. The first-order valence-corrected chi connectivity index (χ1v) is 9.35. The molecule has 0 aromatic carbocycles. The van der Waals surface area contributed by atoms with Gasteiger partial charge in [0.2, 0.25) is 0 Å². The van der Waals surface area contributed by atoms with Crippen molar-refractivity contribution in [2.45, 2.75) is 56.9 Å². The Hall–Kier alpha value is -0.770. The standard InChI is InChI=1S/C18H31N3O/c1-21-4-2-3-13(12-21)11-19-17(22)20-18-8-14-5-15(9-18)7-16(6-14)10-18/h13-16H,2-12H2,1H3,(H2,19,20,22)/t13-,14?,15?,16?,18?/m1/s1. The number of hydrogen-bond acceptors (Lipinski definition) is 2. The summed E-state index contributed by atoms with van der Waals surface area (Å²) in [7, 11) is 2.18. The minimum absolute atomic E-state index is 0.0928. The molecule has 5 fully saturated rings. The van der Waals surface area contributed by atoms with Crippen LogP contribution >= 0.6 is 0 Å². The van der Waals surface area contributed by atoms with Crippen molar-refractivity contribution in [2.24, 2.45) is 23.7 Å². The van der Waals surface area contributed by atoms with Crippen molar-refractivity contribution >= 4 is 6.03 Å². The lowest BCUT2D eigenvalue weighted by Gasteiger charge is -2.56. The van der Waals surface area contributed by atoms with E-state index in [4.69, 9.17) is 0 Å². The van der Waals surface area contributed by atoms with Crippen LogP contribution in [0.15, 0.2) is 0 Å². The third kappa shape index (κ3) is 2.99. The highest BCUT2D eigenvalue weighted by Crippen LogP contribution is 2.55. The lowest BCUT2D eigenvalue weighted by molar-refractivity contribution is -0.0136. The molecule has 1 heterocycles. The van der Waals surface area contributed by atoms with E-state index in [1.807, 2.05) is 0 Å². The summed E-state index contributed by atoms with van der Waals surface area (Å²) in [6, 6.07) is 0.0928. The predicted molar refractivity (Wildman–Crippen MR) is 87.7 cm³/mol. The van der Waals surface area contributed by atoms with E-state index in [9.17, 15) is 4.79 Å². The van der Waals surface area contributed by atoms with Crippen LogP contribution in [-0.4, -0.2) is 43.2 Å². The molecular formula is C18H31N3O. The van der Waals surface area contributed by atoms with E-state index in [1.54, 1.807) is 0 Å². The molecule has 4 aliphatic carbocycles. The van der Waals surface area contributed by atoms with Crippen molar-refractivity contribution in [3.63, 3.8) is 0 Å². The minimum atomic E-state index is 0.0928. The molecule has 4 saturated carbocycles. The summed E-state index contributed by atoms with van der Waals surface area (Å²) < 4.78 is 0. The number of hydrogen-bond donors (Lipinski definition) is 2. The Morgan fingerprint density at radius 3 is 2.36 bits per heavy atom. The lowest BCUT2D eigenvalue weighted by Crippen LogP contribution is -2.61. The van der Waals surface area contributed by atoms with Gasteiger partial charge in [0.05, 0.1) is 0 Å². The van der Waals surface area contributed by atoms with E-state index in [-0.39, 0.29) is 11.6 Å². The average Bonchev–Trinajstić information content (AvgIpc) is 2.43. The molecule has 1 aliphatic heterocycles. The molecular weight excluding hydrogens is 274 g/mol. The number of carbonyl (C=O) groups excluding carboxylic acids is 1. The third-order valence-electron chi connectivity index (χ3n) is 6.69. The maximum absolute atomic E-state index is 12.4. The Kier molecular flexibility index (Phi) is 3.83. The van der Waals surface area contributed by atoms with Gasteiger partial charge in [-0.1, -0.05) is 0 Å². The monoisotopic (exact) mass is 305 g/mol. The van der Waals surface area contributed by atoms with Gasteiger partial charge in [0.1, 0.15) is 0 Å². The molecule has 0 unspecified atom stereocenters. The molecule has 0 aromatic heterocycles. The quantitative estimate of drug-likeness (QED) is 0.842. The molecule has 5 rings (SSSR count). The fraction of sp³-hybridized carbons (Fsp3) is 0.944. The van der Waals surface area contributed by atoms with E-state index >= 15 is 0 Å². The van der Waals surface area contributed by atoms with Crippen molar-refractivity contribution in [3.8, 4) is 0 Å². The van der Waals surface area contributed by atoms with Crippen LogP contribution in [0.1, 0.15) is 51.4 Å². The van der Waals surface area contributed by atoms with E-state index in [0.29, 0.717) is 5.92 Å². The maximum Gasteiger partial charge on any atom is 0.315 e. The van der Waals surface area contributed by atoms with Gasteiger partial charge >= 0.3 is 6.03 Å². The first-order chi connectivity index (χ1) is 10.6. The Balaban J connectivity index is 1.29. The Labute approximate surface area is 134 Å². The van der Waals surface area contributed by atoms with Crippen LogP contribution in [0, 0.1) is 23.7 Å². The zero-order chi connectivity index (χ0) is 15.2. The van der Waals surface area contributed by atoms with Crippen LogP contribution in [-0.2, 0) is 0 Å². The van der Waals surface area contributed by atoms with E-state index in [2.05, 4.69) is 22.6 Å². The molecule has 0 radical (unpaired) electrons. The van der Waals surface area contributed by atoms with Crippen LogP contribution in [0.25, 0.3) is 0 Å². The fourth-order valence-corrected chi connectivity index (χ4v) is 6.23. The number of rotatable bonds is 3. The van der Waals surface area contributed by atoms with Crippen molar-refractivity contribution < 1.29 is 4.79 Å². The maximum atomic E-state index is 12.4. The second-order valence-corrected chi connectivity index (χ2v) is 8.80. The van der Waals surface area contributed by atoms with Gasteiger partial charge < -0.3 is 15.5 Å². The van der Waals surface area contributed by atoms with Crippen molar-refractivity contribution in [1.29, 1.82) is 0 Å². The van der Waals surface area contributed by atoms with Gasteiger partial charge in [-0.05, 0) is 88.6 Å². The molecule has 22 heavy (non-hydrogen) atoms. The van der Waals surface area contributed by atoms with Gasteiger partial charge in [-0.2, -0.15) is 0 Å². The smallest absolute Gasteiger partial charge is 0.315 e. The minimum Gasteiger partial charge on any atom is -0.338 e. The van der Waals surface area contributed by atoms with Gasteiger partial charge in [0.25, 0.3) is 0 Å². The van der Waals surface area contributed by atoms with Gasteiger partial charge in [-0.3, -0.25) is 0 Å². The third-order valence-corrected chi connectivity index (χ3v) is 6.69. The normalized spacial score (nSPS) is 44.0. The first kappa shape index (κ1) is 14.8. The molecule has 0 aromatic rings. The molecule has 4 heteroatoms. The predicted octanol–water partition coefficient (Wildman–Crippen LogP) is 2.60. The molecule has 2 N–H and O–H groups in total. The van der Waals surface area contributed by atoms with Crippen LogP contribution < -0.4 is 10.6 Å². The largest absolute Gasteiger partial charge is 0.338 e. The molecule has 5 aliphatic rings. The zero-order valence-corrected chi connectivity index (χ0v) is 13.9. The van der Waals surface area contributed by atoms with Crippen molar-refractivity contribution in [3.05, 3.63) is 0 Å². The second kappa shape index (κ2) is 5.70. The van der Waals surface area contributed by atoms with Crippen LogP contribution in [0.4, 0.5) is 4.79 Å². The molecule has 1 saturated heterocycles.